The van der Waals surface area contributed by atoms with Gasteiger partial charge in [0.25, 0.3) is 0 Å². The molecule has 1 saturated carbocycles. The zero-order chi connectivity index (χ0) is 18.4. The van der Waals surface area contributed by atoms with Crippen molar-refractivity contribution >= 4 is 23.3 Å². The van der Waals surface area contributed by atoms with Gasteiger partial charge in [0, 0.05) is 23.8 Å². The van der Waals surface area contributed by atoms with Gasteiger partial charge in [-0.15, -0.1) is 0 Å². The van der Waals surface area contributed by atoms with Crippen molar-refractivity contribution in [2.24, 2.45) is 5.92 Å². The highest BCUT2D eigenvalue weighted by Crippen LogP contribution is 2.27. The molecule has 1 aromatic carbocycles. The summed E-state index contributed by atoms with van der Waals surface area (Å²) >= 11 is 0. The average Bonchev–Trinajstić information content (AvgIpc) is 3.18. The minimum atomic E-state index is -0.304. The van der Waals surface area contributed by atoms with Gasteiger partial charge in [-0.05, 0) is 37.5 Å². The third-order valence-electron chi connectivity index (χ3n) is 4.85. The lowest BCUT2D eigenvalue weighted by atomic mass is 10.1. The van der Waals surface area contributed by atoms with Crippen LogP contribution in [0.5, 0.6) is 0 Å². The van der Waals surface area contributed by atoms with E-state index in [0.717, 1.165) is 31.2 Å². The van der Waals surface area contributed by atoms with E-state index in [1.807, 2.05) is 19.1 Å². The number of carbonyl (C=O) groups excluding carboxylic acids is 2. The molecule has 2 aliphatic rings. The number of anilines is 2. The summed E-state index contributed by atoms with van der Waals surface area (Å²) in [5.74, 6) is 0.171. The van der Waals surface area contributed by atoms with Gasteiger partial charge in [0.05, 0.1) is 25.9 Å². The summed E-state index contributed by atoms with van der Waals surface area (Å²) in [6.45, 7) is 3.94. The van der Waals surface area contributed by atoms with Crippen molar-refractivity contribution in [2.45, 2.75) is 38.7 Å². The molecular weight excluding hydrogens is 334 g/mol. The van der Waals surface area contributed by atoms with Crippen LogP contribution in [0.4, 0.5) is 16.2 Å². The van der Waals surface area contributed by atoms with E-state index in [1.165, 1.54) is 0 Å². The first kappa shape index (κ1) is 18.7. The summed E-state index contributed by atoms with van der Waals surface area (Å²) in [6.07, 6.45) is 4.03. The molecule has 1 aliphatic heterocycles. The molecule has 7 heteroatoms. The smallest absolute Gasteiger partial charge is 0.319 e. The van der Waals surface area contributed by atoms with Crippen molar-refractivity contribution in [1.82, 2.24) is 5.32 Å². The van der Waals surface area contributed by atoms with Crippen LogP contribution in [0, 0.1) is 12.8 Å². The van der Waals surface area contributed by atoms with E-state index in [-0.39, 0.29) is 24.0 Å². The Morgan fingerprint density at radius 2 is 1.96 bits per heavy atom. The van der Waals surface area contributed by atoms with Crippen LogP contribution < -0.4 is 16.0 Å². The molecule has 1 atom stereocenters. The largest absolute Gasteiger partial charge is 0.376 e. The van der Waals surface area contributed by atoms with Crippen molar-refractivity contribution in [3.63, 3.8) is 0 Å². The molecule has 0 spiro atoms. The van der Waals surface area contributed by atoms with Gasteiger partial charge in [0.1, 0.15) is 0 Å². The zero-order valence-corrected chi connectivity index (χ0v) is 15.2. The molecule has 26 heavy (non-hydrogen) atoms. The Bertz CT molecular complexity index is 638. The molecule has 2 fully saturated rings. The summed E-state index contributed by atoms with van der Waals surface area (Å²) in [4.78, 5) is 24.4. The molecule has 7 nitrogen and oxygen atoms in total. The number of ether oxygens (including phenoxy) is 2. The van der Waals surface area contributed by atoms with Gasteiger partial charge in [-0.3, -0.25) is 4.79 Å². The summed E-state index contributed by atoms with van der Waals surface area (Å²) < 4.78 is 10.8. The highest BCUT2D eigenvalue weighted by atomic mass is 16.6. The maximum Gasteiger partial charge on any atom is 0.319 e. The molecule has 0 bridgehead atoms. The van der Waals surface area contributed by atoms with Crippen molar-refractivity contribution in [1.29, 1.82) is 0 Å². The fraction of sp³-hybridized carbons (Fsp3) is 0.579. The van der Waals surface area contributed by atoms with Crippen LogP contribution in [0.3, 0.4) is 0 Å². The standard InChI is InChI=1S/C19H27N3O4/c1-13-6-7-15(21-18(23)14-4-2-3-5-14)10-17(13)22-19(24)20-11-16-12-25-8-9-26-16/h6-7,10,14,16H,2-5,8-9,11-12H2,1H3,(H,21,23)(H2,20,22,24)/t16-/m0/s1. The molecule has 1 aromatic rings. The number of nitrogens with one attached hydrogen (secondary N) is 3. The lowest BCUT2D eigenvalue weighted by molar-refractivity contribution is -0.119. The van der Waals surface area contributed by atoms with Crippen LogP contribution in [-0.4, -0.2) is 44.4 Å². The van der Waals surface area contributed by atoms with E-state index in [4.69, 9.17) is 9.47 Å². The van der Waals surface area contributed by atoms with Gasteiger partial charge in [0.2, 0.25) is 5.91 Å². The Morgan fingerprint density at radius 3 is 2.69 bits per heavy atom. The number of aryl methyl sites for hydroxylation is 1. The van der Waals surface area contributed by atoms with E-state index < -0.39 is 0 Å². The number of rotatable bonds is 5. The summed E-state index contributed by atoms with van der Waals surface area (Å²) in [5.41, 5.74) is 2.30. The number of urea groups is 1. The first-order valence-electron chi connectivity index (χ1n) is 9.27. The third-order valence-corrected chi connectivity index (χ3v) is 4.85. The minimum absolute atomic E-state index is 0.0659. The number of hydrogen-bond donors (Lipinski definition) is 3. The highest BCUT2D eigenvalue weighted by molar-refractivity contribution is 5.95. The molecule has 142 valence electrons. The van der Waals surface area contributed by atoms with Crippen LogP contribution >= 0.6 is 0 Å². The molecule has 1 saturated heterocycles. The van der Waals surface area contributed by atoms with Crippen molar-refractivity contribution in [3.8, 4) is 0 Å². The Balaban J connectivity index is 1.53. The lowest BCUT2D eigenvalue weighted by Crippen LogP contribution is -2.41. The van der Waals surface area contributed by atoms with Crippen molar-refractivity contribution in [3.05, 3.63) is 23.8 Å². The van der Waals surface area contributed by atoms with Crippen molar-refractivity contribution in [2.75, 3.05) is 37.0 Å². The van der Waals surface area contributed by atoms with E-state index in [0.29, 0.717) is 37.7 Å². The molecule has 0 radical (unpaired) electrons. The molecule has 0 unspecified atom stereocenters. The monoisotopic (exact) mass is 361 g/mol. The van der Waals surface area contributed by atoms with Gasteiger partial charge in [-0.1, -0.05) is 18.9 Å². The number of amides is 3. The van der Waals surface area contributed by atoms with E-state index in [2.05, 4.69) is 16.0 Å². The minimum Gasteiger partial charge on any atom is -0.376 e. The third kappa shape index (κ3) is 5.19. The second-order valence-corrected chi connectivity index (χ2v) is 6.90. The first-order valence-corrected chi connectivity index (χ1v) is 9.27. The quantitative estimate of drug-likeness (QED) is 0.752. The Morgan fingerprint density at radius 1 is 1.15 bits per heavy atom. The Kier molecular flexibility index (Phi) is 6.46. The first-order chi connectivity index (χ1) is 12.6. The summed E-state index contributed by atoms with van der Waals surface area (Å²) in [7, 11) is 0. The second kappa shape index (κ2) is 9.00. The topological polar surface area (TPSA) is 88.7 Å². The number of hydrogen-bond acceptors (Lipinski definition) is 4. The van der Waals surface area contributed by atoms with Gasteiger partial charge in [0.15, 0.2) is 0 Å². The lowest BCUT2D eigenvalue weighted by Gasteiger charge is -2.23. The Hall–Kier alpha value is -2.12. The fourth-order valence-corrected chi connectivity index (χ4v) is 3.29. The van der Waals surface area contributed by atoms with Gasteiger partial charge in [-0.25, -0.2) is 4.79 Å². The molecule has 0 aromatic heterocycles. The maximum absolute atomic E-state index is 12.3. The van der Waals surface area contributed by atoms with Crippen LogP contribution in [0.1, 0.15) is 31.2 Å². The molecule has 3 amide bonds. The van der Waals surface area contributed by atoms with Crippen LogP contribution in [0.15, 0.2) is 18.2 Å². The van der Waals surface area contributed by atoms with Gasteiger partial charge >= 0.3 is 6.03 Å². The van der Waals surface area contributed by atoms with Gasteiger partial charge < -0.3 is 25.4 Å². The van der Waals surface area contributed by atoms with Crippen LogP contribution in [0.25, 0.3) is 0 Å². The predicted octanol–water partition coefficient (Wildman–Crippen LogP) is 2.66. The summed E-state index contributed by atoms with van der Waals surface area (Å²) in [6, 6.07) is 5.24. The van der Waals surface area contributed by atoms with Crippen molar-refractivity contribution < 1.29 is 19.1 Å². The molecule has 3 rings (SSSR count). The SMILES string of the molecule is Cc1ccc(NC(=O)C2CCCC2)cc1NC(=O)NC[C@H]1COCCO1. The molecular formula is C19H27N3O4. The summed E-state index contributed by atoms with van der Waals surface area (Å²) in [5, 5.41) is 8.59. The molecule has 1 heterocycles. The van der Waals surface area contributed by atoms with E-state index >= 15 is 0 Å². The number of benzene rings is 1. The average molecular weight is 361 g/mol. The van der Waals surface area contributed by atoms with E-state index in [9.17, 15) is 9.59 Å². The number of carbonyl (C=O) groups is 2. The molecule has 1 aliphatic carbocycles. The highest BCUT2D eigenvalue weighted by Gasteiger charge is 2.22. The van der Waals surface area contributed by atoms with Crippen LogP contribution in [-0.2, 0) is 14.3 Å². The van der Waals surface area contributed by atoms with Crippen LogP contribution in [0.2, 0.25) is 0 Å². The van der Waals surface area contributed by atoms with E-state index in [1.54, 1.807) is 6.07 Å². The normalized spacial score (nSPS) is 20.6. The predicted molar refractivity (Wildman–Crippen MR) is 99.3 cm³/mol. The second-order valence-electron chi connectivity index (χ2n) is 6.90. The van der Waals surface area contributed by atoms with Gasteiger partial charge in [-0.2, -0.15) is 0 Å². The Labute approximate surface area is 153 Å². The molecule has 3 N–H and O–H groups in total. The fourth-order valence-electron chi connectivity index (χ4n) is 3.29. The zero-order valence-electron chi connectivity index (χ0n) is 15.2. The maximum atomic E-state index is 12.3.